The van der Waals surface area contributed by atoms with Crippen molar-refractivity contribution in [3.8, 4) is 0 Å². The highest BCUT2D eigenvalue weighted by molar-refractivity contribution is 6.04. The SMILES string of the molecule is Cc1ccc(C(=O)Nc2ccc(C(=O)O)cc2)cc1C. The summed E-state index contributed by atoms with van der Waals surface area (Å²) < 4.78 is 0. The zero-order valence-corrected chi connectivity index (χ0v) is 11.3. The molecular weight excluding hydrogens is 254 g/mol. The number of carboxylic acid groups (broad SMARTS) is 1. The Labute approximate surface area is 117 Å². The molecule has 0 unspecified atom stereocenters. The summed E-state index contributed by atoms with van der Waals surface area (Å²) in [7, 11) is 0. The van der Waals surface area contributed by atoms with Gasteiger partial charge in [-0.05, 0) is 61.4 Å². The second kappa shape index (κ2) is 5.57. The van der Waals surface area contributed by atoms with E-state index in [-0.39, 0.29) is 11.5 Å². The van der Waals surface area contributed by atoms with Crippen molar-refractivity contribution >= 4 is 17.6 Å². The van der Waals surface area contributed by atoms with Gasteiger partial charge >= 0.3 is 5.97 Å². The van der Waals surface area contributed by atoms with Gasteiger partial charge in [0.15, 0.2) is 0 Å². The third-order valence-electron chi connectivity index (χ3n) is 3.16. The average molecular weight is 269 g/mol. The van der Waals surface area contributed by atoms with E-state index in [1.54, 1.807) is 18.2 Å². The Kier molecular flexibility index (Phi) is 3.84. The molecule has 1 amide bonds. The predicted octanol–water partition coefficient (Wildman–Crippen LogP) is 3.25. The van der Waals surface area contributed by atoms with E-state index >= 15 is 0 Å². The summed E-state index contributed by atoms with van der Waals surface area (Å²) in [4.78, 5) is 22.8. The topological polar surface area (TPSA) is 66.4 Å². The number of hydrogen-bond donors (Lipinski definition) is 2. The fraction of sp³-hybridized carbons (Fsp3) is 0.125. The van der Waals surface area contributed by atoms with Crippen molar-refractivity contribution in [2.75, 3.05) is 5.32 Å². The van der Waals surface area contributed by atoms with Crippen LogP contribution in [0.5, 0.6) is 0 Å². The van der Waals surface area contributed by atoms with Gasteiger partial charge in [-0.15, -0.1) is 0 Å². The molecule has 0 aliphatic carbocycles. The van der Waals surface area contributed by atoms with E-state index < -0.39 is 5.97 Å². The first kappa shape index (κ1) is 13.8. The van der Waals surface area contributed by atoms with Gasteiger partial charge in [-0.25, -0.2) is 4.79 Å². The number of benzene rings is 2. The third-order valence-corrected chi connectivity index (χ3v) is 3.16. The maximum Gasteiger partial charge on any atom is 0.335 e. The molecule has 0 aliphatic rings. The Morgan fingerprint density at radius 3 is 2.05 bits per heavy atom. The molecule has 2 rings (SSSR count). The van der Waals surface area contributed by atoms with Crippen LogP contribution in [0.2, 0.25) is 0 Å². The van der Waals surface area contributed by atoms with E-state index in [9.17, 15) is 9.59 Å². The van der Waals surface area contributed by atoms with E-state index in [1.165, 1.54) is 12.1 Å². The van der Waals surface area contributed by atoms with E-state index in [2.05, 4.69) is 5.32 Å². The number of carboxylic acids is 1. The summed E-state index contributed by atoms with van der Waals surface area (Å²) in [5.41, 5.74) is 3.52. The molecule has 0 fully saturated rings. The smallest absolute Gasteiger partial charge is 0.335 e. The molecule has 0 bridgehead atoms. The highest BCUT2D eigenvalue weighted by Crippen LogP contribution is 2.14. The van der Waals surface area contributed by atoms with Gasteiger partial charge in [-0.3, -0.25) is 4.79 Å². The van der Waals surface area contributed by atoms with Crippen LogP contribution in [0.15, 0.2) is 42.5 Å². The van der Waals surface area contributed by atoms with Crippen LogP contribution in [0.25, 0.3) is 0 Å². The van der Waals surface area contributed by atoms with Crippen LogP contribution in [0, 0.1) is 13.8 Å². The quantitative estimate of drug-likeness (QED) is 0.898. The molecule has 4 heteroatoms. The molecule has 4 nitrogen and oxygen atoms in total. The Hall–Kier alpha value is -2.62. The van der Waals surface area contributed by atoms with Crippen molar-refractivity contribution in [3.63, 3.8) is 0 Å². The first-order valence-corrected chi connectivity index (χ1v) is 6.19. The summed E-state index contributed by atoms with van der Waals surface area (Å²) in [5, 5.41) is 11.5. The Balaban J connectivity index is 2.14. The lowest BCUT2D eigenvalue weighted by Crippen LogP contribution is -2.12. The van der Waals surface area contributed by atoms with E-state index in [1.807, 2.05) is 26.0 Å². The Bertz CT molecular complexity index is 660. The average Bonchev–Trinajstić information content (AvgIpc) is 2.42. The molecule has 0 atom stereocenters. The standard InChI is InChI=1S/C16H15NO3/c1-10-3-4-13(9-11(10)2)15(18)17-14-7-5-12(6-8-14)16(19)20/h3-9H,1-2H3,(H,17,18)(H,19,20). The van der Waals surface area contributed by atoms with Crippen molar-refractivity contribution in [1.29, 1.82) is 0 Å². The minimum atomic E-state index is -0.989. The molecule has 0 heterocycles. The number of hydrogen-bond acceptors (Lipinski definition) is 2. The molecule has 2 aromatic rings. The van der Waals surface area contributed by atoms with Gasteiger partial charge in [0.1, 0.15) is 0 Å². The van der Waals surface area contributed by atoms with Crippen LogP contribution in [-0.4, -0.2) is 17.0 Å². The lowest BCUT2D eigenvalue weighted by atomic mass is 10.1. The van der Waals surface area contributed by atoms with E-state index in [0.717, 1.165) is 11.1 Å². The molecule has 2 aromatic carbocycles. The minimum absolute atomic E-state index is 0.189. The lowest BCUT2D eigenvalue weighted by Gasteiger charge is -2.07. The molecule has 0 saturated heterocycles. The van der Waals surface area contributed by atoms with Crippen LogP contribution < -0.4 is 5.32 Å². The summed E-state index contributed by atoms with van der Waals surface area (Å²) in [6.07, 6.45) is 0. The highest BCUT2D eigenvalue weighted by Gasteiger charge is 2.08. The van der Waals surface area contributed by atoms with Crippen LogP contribution in [-0.2, 0) is 0 Å². The molecule has 0 radical (unpaired) electrons. The number of anilines is 1. The maximum absolute atomic E-state index is 12.1. The first-order valence-electron chi connectivity index (χ1n) is 6.19. The van der Waals surface area contributed by atoms with Crippen LogP contribution in [0.3, 0.4) is 0 Å². The van der Waals surface area contributed by atoms with Gasteiger partial charge < -0.3 is 10.4 Å². The summed E-state index contributed by atoms with van der Waals surface area (Å²) in [6, 6.07) is 11.6. The van der Waals surface area contributed by atoms with E-state index in [4.69, 9.17) is 5.11 Å². The summed E-state index contributed by atoms with van der Waals surface area (Å²) in [6.45, 7) is 3.94. The molecule has 0 aliphatic heterocycles. The van der Waals surface area contributed by atoms with Crippen molar-refractivity contribution in [3.05, 3.63) is 64.7 Å². The molecule has 102 valence electrons. The van der Waals surface area contributed by atoms with Gasteiger partial charge in [-0.2, -0.15) is 0 Å². The monoisotopic (exact) mass is 269 g/mol. The lowest BCUT2D eigenvalue weighted by molar-refractivity contribution is 0.0696. The Morgan fingerprint density at radius 2 is 1.50 bits per heavy atom. The number of carbonyl (C=O) groups excluding carboxylic acids is 1. The van der Waals surface area contributed by atoms with Crippen LogP contribution in [0.4, 0.5) is 5.69 Å². The predicted molar refractivity (Wildman–Crippen MR) is 77.3 cm³/mol. The number of nitrogens with one attached hydrogen (secondary N) is 1. The maximum atomic E-state index is 12.1. The van der Waals surface area contributed by atoms with Gasteiger partial charge in [0.2, 0.25) is 0 Å². The minimum Gasteiger partial charge on any atom is -0.478 e. The molecule has 0 spiro atoms. The first-order chi connectivity index (χ1) is 9.47. The second-order valence-corrected chi connectivity index (χ2v) is 4.64. The number of aromatic carboxylic acids is 1. The van der Waals surface area contributed by atoms with Crippen molar-refractivity contribution in [2.24, 2.45) is 0 Å². The molecule has 0 saturated carbocycles. The molecule has 2 N–H and O–H groups in total. The molecule has 0 aromatic heterocycles. The van der Waals surface area contributed by atoms with Crippen LogP contribution >= 0.6 is 0 Å². The summed E-state index contributed by atoms with van der Waals surface area (Å²) >= 11 is 0. The van der Waals surface area contributed by atoms with Gasteiger partial charge in [-0.1, -0.05) is 6.07 Å². The Morgan fingerprint density at radius 1 is 0.900 bits per heavy atom. The fourth-order valence-electron chi connectivity index (χ4n) is 1.78. The zero-order chi connectivity index (χ0) is 14.7. The summed E-state index contributed by atoms with van der Waals surface area (Å²) in [5.74, 6) is -1.20. The van der Waals surface area contributed by atoms with Gasteiger partial charge in [0, 0.05) is 11.3 Å². The fourth-order valence-corrected chi connectivity index (χ4v) is 1.78. The number of carbonyl (C=O) groups is 2. The molecule has 20 heavy (non-hydrogen) atoms. The van der Waals surface area contributed by atoms with Gasteiger partial charge in [0.05, 0.1) is 5.56 Å². The number of rotatable bonds is 3. The van der Waals surface area contributed by atoms with Crippen molar-refractivity contribution < 1.29 is 14.7 Å². The van der Waals surface area contributed by atoms with Crippen LogP contribution in [0.1, 0.15) is 31.8 Å². The number of amides is 1. The number of aryl methyl sites for hydroxylation is 2. The normalized spacial score (nSPS) is 10.1. The largest absolute Gasteiger partial charge is 0.478 e. The van der Waals surface area contributed by atoms with Gasteiger partial charge in [0.25, 0.3) is 5.91 Å². The molecular formula is C16H15NO3. The van der Waals surface area contributed by atoms with Crippen molar-refractivity contribution in [2.45, 2.75) is 13.8 Å². The van der Waals surface area contributed by atoms with Crippen molar-refractivity contribution in [1.82, 2.24) is 0 Å². The zero-order valence-electron chi connectivity index (χ0n) is 11.3. The second-order valence-electron chi connectivity index (χ2n) is 4.64. The van der Waals surface area contributed by atoms with E-state index in [0.29, 0.717) is 11.3 Å². The highest BCUT2D eigenvalue weighted by atomic mass is 16.4. The third kappa shape index (κ3) is 3.03.